The first kappa shape index (κ1) is 20.7. The Morgan fingerprint density at radius 3 is 2.41 bits per heavy atom. The summed E-state index contributed by atoms with van der Waals surface area (Å²) in [6, 6.07) is 11.4. The van der Waals surface area contributed by atoms with E-state index in [2.05, 4.69) is 5.32 Å². The fourth-order valence-corrected chi connectivity index (χ4v) is 3.58. The number of hydrogen-bond donors (Lipinski definition) is 1. The summed E-state index contributed by atoms with van der Waals surface area (Å²) in [5.41, 5.74) is 1.44. The molecule has 2 aromatic rings. The number of ether oxygens (including phenoxy) is 2. The molecule has 1 N–H and O–H groups in total. The number of amides is 1. The molecule has 0 saturated carbocycles. The highest BCUT2D eigenvalue weighted by Crippen LogP contribution is 2.25. The number of anilines is 1. The zero-order valence-electron chi connectivity index (χ0n) is 15.9. The van der Waals surface area contributed by atoms with Crippen molar-refractivity contribution < 1.29 is 22.7 Å². The van der Waals surface area contributed by atoms with Crippen molar-refractivity contribution in [3.63, 3.8) is 0 Å². The predicted molar refractivity (Wildman–Crippen MR) is 104 cm³/mol. The average molecular weight is 392 g/mol. The minimum absolute atomic E-state index is 0.0920. The van der Waals surface area contributed by atoms with E-state index in [0.717, 1.165) is 9.87 Å². The number of carbonyl (C=O) groups is 1. The molecule has 0 unspecified atom stereocenters. The zero-order valence-corrected chi connectivity index (χ0v) is 16.7. The number of nitrogens with one attached hydrogen (secondary N) is 1. The van der Waals surface area contributed by atoms with Gasteiger partial charge in [0.2, 0.25) is 15.9 Å². The number of rotatable bonds is 8. The van der Waals surface area contributed by atoms with Crippen molar-refractivity contribution in [2.45, 2.75) is 18.7 Å². The fourth-order valence-electron chi connectivity index (χ4n) is 2.45. The zero-order chi connectivity index (χ0) is 20.0. The maximum atomic E-state index is 12.6. The topological polar surface area (TPSA) is 84.9 Å². The first-order chi connectivity index (χ1) is 12.8. The summed E-state index contributed by atoms with van der Waals surface area (Å²) in [6.07, 6.45) is 0. The number of hydrogen-bond acceptors (Lipinski definition) is 5. The molecule has 7 nitrogen and oxygen atoms in total. The highest BCUT2D eigenvalue weighted by Gasteiger charge is 2.23. The van der Waals surface area contributed by atoms with Crippen molar-refractivity contribution in [3.8, 4) is 11.5 Å². The first-order valence-electron chi connectivity index (χ1n) is 8.41. The lowest BCUT2D eigenvalue weighted by atomic mass is 10.2. The lowest BCUT2D eigenvalue weighted by Crippen LogP contribution is -2.35. The van der Waals surface area contributed by atoms with Gasteiger partial charge in [-0.3, -0.25) is 4.79 Å². The van der Waals surface area contributed by atoms with Crippen molar-refractivity contribution in [3.05, 3.63) is 48.0 Å². The molecule has 0 spiro atoms. The van der Waals surface area contributed by atoms with Crippen LogP contribution in [0.25, 0.3) is 0 Å². The Hall–Kier alpha value is -2.58. The summed E-state index contributed by atoms with van der Waals surface area (Å²) >= 11 is 0. The third-order valence-corrected chi connectivity index (χ3v) is 5.66. The number of aryl methyl sites for hydroxylation is 1. The Labute approximate surface area is 160 Å². The molecule has 0 bridgehead atoms. The van der Waals surface area contributed by atoms with Crippen LogP contribution in [-0.2, 0) is 14.8 Å². The second-order valence-electron chi connectivity index (χ2n) is 5.92. The molecule has 0 heterocycles. The summed E-state index contributed by atoms with van der Waals surface area (Å²) < 4.78 is 36.8. The molecule has 0 radical (unpaired) electrons. The molecule has 0 fully saturated rings. The van der Waals surface area contributed by atoms with Crippen molar-refractivity contribution in [1.82, 2.24) is 4.31 Å². The van der Waals surface area contributed by atoms with E-state index in [0.29, 0.717) is 23.8 Å². The molecule has 27 heavy (non-hydrogen) atoms. The summed E-state index contributed by atoms with van der Waals surface area (Å²) in [5, 5.41) is 2.69. The van der Waals surface area contributed by atoms with E-state index >= 15 is 0 Å². The molecule has 0 saturated heterocycles. The van der Waals surface area contributed by atoms with E-state index in [4.69, 9.17) is 9.47 Å². The van der Waals surface area contributed by atoms with Gasteiger partial charge < -0.3 is 14.8 Å². The molecule has 0 atom stereocenters. The van der Waals surface area contributed by atoms with Gasteiger partial charge in [-0.05, 0) is 55.8 Å². The Balaban J connectivity index is 2.09. The van der Waals surface area contributed by atoms with Crippen LogP contribution in [-0.4, -0.2) is 45.9 Å². The quantitative estimate of drug-likeness (QED) is 0.747. The Kier molecular flexibility index (Phi) is 6.81. The van der Waals surface area contributed by atoms with Crippen LogP contribution in [0.3, 0.4) is 0 Å². The van der Waals surface area contributed by atoms with Gasteiger partial charge in [-0.1, -0.05) is 6.07 Å². The SMILES string of the molecule is CCOc1ccc(S(=O)(=O)N(C)CC(=O)Nc2cc(C)ccc2OC)cc1. The molecular weight excluding hydrogens is 368 g/mol. The number of carbonyl (C=O) groups excluding carboxylic acids is 1. The minimum atomic E-state index is -3.80. The van der Waals surface area contributed by atoms with Gasteiger partial charge >= 0.3 is 0 Å². The van der Waals surface area contributed by atoms with Crippen LogP contribution in [0, 0.1) is 6.92 Å². The van der Waals surface area contributed by atoms with Crippen LogP contribution in [0.4, 0.5) is 5.69 Å². The van der Waals surface area contributed by atoms with E-state index in [1.165, 1.54) is 26.3 Å². The molecule has 2 aromatic carbocycles. The minimum Gasteiger partial charge on any atom is -0.495 e. The van der Waals surface area contributed by atoms with E-state index in [-0.39, 0.29) is 11.4 Å². The van der Waals surface area contributed by atoms with Crippen LogP contribution < -0.4 is 14.8 Å². The summed E-state index contributed by atoms with van der Waals surface area (Å²) in [7, 11) is -0.933. The van der Waals surface area contributed by atoms with E-state index in [1.54, 1.807) is 24.3 Å². The number of methoxy groups -OCH3 is 1. The third kappa shape index (κ3) is 5.21. The third-order valence-electron chi connectivity index (χ3n) is 3.84. The van der Waals surface area contributed by atoms with Crippen molar-refractivity contribution in [2.24, 2.45) is 0 Å². The van der Waals surface area contributed by atoms with Crippen LogP contribution in [0.2, 0.25) is 0 Å². The number of sulfonamides is 1. The smallest absolute Gasteiger partial charge is 0.243 e. The van der Waals surface area contributed by atoms with Gasteiger partial charge in [0.15, 0.2) is 0 Å². The molecule has 2 rings (SSSR count). The molecule has 0 aliphatic rings. The molecule has 0 aliphatic carbocycles. The number of nitrogens with zero attached hydrogens (tertiary/aromatic N) is 1. The highest BCUT2D eigenvalue weighted by molar-refractivity contribution is 7.89. The largest absolute Gasteiger partial charge is 0.495 e. The lowest BCUT2D eigenvalue weighted by molar-refractivity contribution is -0.116. The van der Waals surface area contributed by atoms with Crippen LogP contribution in [0.15, 0.2) is 47.4 Å². The monoisotopic (exact) mass is 392 g/mol. The molecular formula is C19H24N2O5S. The normalized spacial score (nSPS) is 11.3. The van der Waals surface area contributed by atoms with E-state index in [1.807, 2.05) is 19.9 Å². The van der Waals surface area contributed by atoms with Crippen molar-refractivity contribution in [2.75, 3.05) is 32.6 Å². The summed E-state index contributed by atoms with van der Waals surface area (Å²) in [6.45, 7) is 3.90. The molecule has 1 amide bonds. The standard InChI is InChI=1S/C19H24N2O5S/c1-5-26-15-7-9-16(10-8-15)27(23,24)21(3)13-19(22)20-17-12-14(2)6-11-18(17)25-4/h6-12H,5,13H2,1-4H3,(H,20,22). The Bertz CT molecular complexity index is 895. The van der Waals surface area contributed by atoms with Gasteiger partial charge in [0.25, 0.3) is 0 Å². The summed E-state index contributed by atoms with van der Waals surface area (Å²) in [5.74, 6) is 0.630. The van der Waals surface area contributed by atoms with Crippen molar-refractivity contribution >= 4 is 21.6 Å². The highest BCUT2D eigenvalue weighted by atomic mass is 32.2. The molecule has 146 valence electrons. The molecule has 0 aliphatic heterocycles. The number of likely N-dealkylation sites (N-methyl/N-ethyl adjacent to an activating group) is 1. The predicted octanol–water partition coefficient (Wildman–Crippen LogP) is 2.66. The van der Waals surface area contributed by atoms with Gasteiger partial charge in [0.1, 0.15) is 11.5 Å². The summed E-state index contributed by atoms with van der Waals surface area (Å²) in [4.78, 5) is 12.4. The van der Waals surface area contributed by atoms with Gasteiger partial charge in [0.05, 0.1) is 30.8 Å². The van der Waals surface area contributed by atoms with Crippen molar-refractivity contribution in [1.29, 1.82) is 0 Å². The Morgan fingerprint density at radius 1 is 1.15 bits per heavy atom. The van der Waals surface area contributed by atoms with Gasteiger partial charge in [-0.25, -0.2) is 8.42 Å². The van der Waals surface area contributed by atoms with Crippen LogP contribution in [0.1, 0.15) is 12.5 Å². The Morgan fingerprint density at radius 2 is 1.81 bits per heavy atom. The van der Waals surface area contributed by atoms with Gasteiger partial charge in [-0.2, -0.15) is 4.31 Å². The molecule has 8 heteroatoms. The lowest BCUT2D eigenvalue weighted by Gasteiger charge is -2.18. The van der Waals surface area contributed by atoms with Crippen LogP contribution >= 0.6 is 0 Å². The first-order valence-corrected chi connectivity index (χ1v) is 9.85. The maximum absolute atomic E-state index is 12.6. The van der Waals surface area contributed by atoms with Crippen LogP contribution in [0.5, 0.6) is 11.5 Å². The maximum Gasteiger partial charge on any atom is 0.243 e. The second kappa shape index (κ2) is 8.88. The number of benzene rings is 2. The van der Waals surface area contributed by atoms with Gasteiger partial charge in [-0.15, -0.1) is 0 Å². The second-order valence-corrected chi connectivity index (χ2v) is 7.96. The van der Waals surface area contributed by atoms with Gasteiger partial charge in [0, 0.05) is 7.05 Å². The fraction of sp³-hybridized carbons (Fsp3) is 0.316. The average Bonchev–Trinajstić information content (AvgIpc) is 2.62. The van der Waals surface area contributed by atoms with E-state index in [9.17, 15) is 13.2 Å². The molecule has 0 aromatic heterocycles. The van der Waals surface area contributed by atoms with E-state index < -0.39 is 15.9 Å².